The molecule has 1 heterocycles. The average Bonchev–Trinajstić information content (AvgIpc) is 2.51. The van der Waals surface area contributed by atoms with Crippen LogP contribution in [0.4, 0.5) is 5.69 Å². The number of aromatic nitrogens is 2. The molecular weight excluding hydrogens is 210 g/mol. The number of thioether (sulfide) groups is 1. The topological polar surface area (TPSA) is 64.1 Å². The molecule has 0 aliphatic rings. The van der Waals surface area contributed by atoms with Crippen LogP contribution in [-0.2, 0) is 13.5 Å². The highest BCUT2D eigenvalue weighted by Crippen LogP contribution is 2.28. The lowest BCUT2D eigenvalue weighted by Crippen LogP contribution is -2.05. The molecule has 0 saturated heterocycles. The van der Waals surface area contributed by atoms with Gasteiger partial charge < -0.3 is 10.8 Å². The summed E-state index contributed by atoms with van der Waals surface area (Å²) in [7, 11) is 1.90. The largest absolute Gasteiger partial charge is 0.396 e. The van der Waals surface area contributed by atoms with Crippen LogP contribution < -0.4 is 5.73 Å². The molecule has 0 aliphatic carbocycles. The van der Waals surface area contributed by atoms with Gasteiger partial charge in [-0.25, -0.2) is 0 Å². The van der Waals surface area contributed by atoms with E-state index in [0.717, 1.165) is 28.6 Å². The molecule has 4 nitrogen and oxygen atoms in total. The summed E-state index contributed by atoms with van der Waals surface area (Å²) in [5.41, 5.74) is 7.72. The van der Waals surface area contributed by atoms with Crippen LogP contribution in [0.2, 0.25) is 0 Å². The molecule has 15 heavy (non-hydrogen) atoms. The highest BCUT2D eigenvalue weighted by molar-refractivity contribution is 7.99. The van der Waals surface area contributed by atoms with E-state index < -0.39 is 0 Å². The van der Waals surface area contributed by atoms with E-state index in [1.54, 1.807) is 11.8 Å². The van der Waals surface area contributed by atoms with Crippen LogP contribution in [0.3, 0.4) is 0 Å². The molecule has 1 rings (SSSR count). The number of aryl methyl sites for hydroxylation is 2. The maximum Gasteiger partial charge on any atom is 0.117 e. The van der Waals surface area contributed by atoms with Crippen LogP contribution in [0.1, 0.15) is 19.5 Å². The predicted octanol–water partition coefficient (Wildman–Crippen LogP) is 1.29. The number of nitrogen functional groups attached to an aromatic ring is 1. The Kier molecular flexibility index (Phi) is 4.47. The SMILES string of the molecule is CCc1nn(C)c(SCC(C)CO)c1N. The van der Waals surface area contributed by atoms with Gasteiger partial charge in [0.2, 0.25) is 0 Å². The zero-order valence-electron chi connectivity index (χ0n) is 9.53. The Morgan fingerprint density at radius 3 is 2.73 bits per heavy atom. The van der Waals surface area contributed by atoms with Crippen molar-refractivity contribution in [3.8, 4) is 0 Å². The molecule has 0 spiro atoms. The molecule has 0 fully saturated rings. The van der Waals surface area contributed by atoms with Gasteiger partial charge in [-0.05, 0) is 12.3 Å². The van der Waals surface area contributed by atoms with Gasteiger partial charge in [0.05, 0.1) is 11.4 Å². The first kappa shape index (κ1) is 12.4. The number of aliphatic hydroxyl groups is 1. The molecule has 0 aromatic carbocycles. The van der Waals surface area contributed by atoms with E-state index in [4.69, 9.17) is 10.8 Å². The van der Waals surface area contributed by atoms with E-state index in [1.165, 1.54) is 0 Å². The van der Waals surface area contributed by atoms with Gasteiger partial charge in [-0.2, -0.15) is 5.10 Å². The third-order valence-corrected chi connectivity index (χ3v) is 3.75. The predicted molar refractivity (Wildman–Crippen MR) is 64.0 cm³/mol. The Labute approximate surface area is 94.9 Å². The third-order valence-electron chi connectivity index (χ3n) is 2.26. The van der Waals surface area contributed by atoms with Crippen LogP contribution in [-0.4, -0.2) is 27.2 Å². The van der Waals surface area contributed by atoms with Crippen molar-refractivity contribution in [1.29, 1.82) is 0 Å². The lowest BCUT2D eigenvalue weighted by molar-refractivity contribution is 0.250. The maximum atomic E-state index is 8.94. The molecule has 1 unspecified atom stereocenters. The Hall–Kier alpha value is -0.680. The summed E-state index contributed by atoms with van der Waals surface area (Å²) in [4.78, 5) is 0. The minimum absolute atomic E-state index is 0.214. The van der Waals surface area contributed by atoms with Gasteiger partial charge in [-0.1, -0.05) is 13.8 Å². The highest BCUT2D eigenvalue weighted by atomic mass is 32.2. The smallest absolute Gasteiger partial charge is 0.117 e. The van der Waals surface area contributed by atoms with Crippen molar-refractivity contribution in [3.63, 3.8) is 0 Å². The standard InChI is InChI=1S/C10H19N3OS/c1-4-8-9(11)10(13(3)12-8)15-6-7(2)5-14/h7,14H,4-6,11H2,1-3H3. The zero-order chi connectivity index (χ0) is 11.4. The van der Waals surface area contributed by atoms with Gasteiger partial charge >= 0.3 is 0 Å². The van der Waals surface area contributed by atoms with Crippen LogP contribution in [0, 0.1) is 5.92 Å². The second-order valence-electron chi connectivity index (χ2n) is 3.74. The van der Waals surface area contributed by atoms with E-state index in [1.807, 2.05) is 25.6 Å². The first-order valence-corrected chi connectivity index (χ1v) is 6.13. The Morgan fingerprint density at radius 2 is 2.27 bits per heavy atom. The Balaban J connectivity index is 2.72. The summed E-state index contributed by atoms with van der Waals surface area (Å²) in [5.74, 6) is 1.15. The van der Waals surface area contributed by atoms with Gasteiger partial charge in [0.25, 0.3) is 0 Å². The molecule has 5 heteroatoms. The molecule has 1 aromatic heterocycles. The fourth-order valence-corrected chi connectivity index (χ4v) is 2.33. The van der Waals surface area contributed by atoms with Gasteiger partial charge in [0.1, 0.15) is 5.03 Å². The van der Waals surface area contributed by atoms with Crippen molar-refractivity contribution in [1.82, 2.24) is 9.78 Å². The molecule has 0 saturated carbocycles. The molecular formula is C10H19N3OS. The van der Waals surface area contributed by atoms with Crippen LogP contribution in [0.5, 0.6) is 0 Å². The van der Waals surface area contributed by atoms with E-state index >= 15 is 0 Å². The minimum Gasteiger partial charge on any atom is -0.396 e. The van der Waals surface area contributed by atoms with Crippen LogP contribution in [0.15, 0.2) is 5.03 Å². The van der Waals surface area contributed by atoms with Gasteiger partial charge in [0, 0.05) is 19.4 Å². The van der Waals surface area contributed by atoms with E-state index in [0.29, 0.717) is 0 Å². The Bertz CT molecular complexity index is 325. The highest BCUT2D eigenvalue weighted by Gasteiger charge is 2.13. The second-order valence-corrected chi connectivity index (χ2v) is 4.75. The Morgan fingerprint density at radius 1 is 1.60 bits per heavy atom. The summed E-state index contributed by atoms with van der Waals surface area (Å²) < 4.78 is 1.82. The summed E-state index contributed by atoms with van der Waals surface area (Å²) in [6.45, 7) is 4.27. The number of rotatable bonds is 5. The molecule has 3 N–H and O–H groups in total. The van der Waals surface area contributed by atoms with Crippen molar-refractivity contribution in [2.45, 2.75) is 25.3 Å². The fraction of sp³-hybridized carbons (Fsp3) is 0.700. The van der Waals surface area contributed by atoms with Gasteiger partial charge in [0.15, 0.2) is 0 Å². The normalized spacial score (nSPS) is 13.1. The third kappa shape index (κ3) is 2.89. The molecule has 0 amide bonds. The number of anilines is 1. The van der Waals surface area contributed by atoms with Gasteiger partial charge in [-0.3, -0.25) is 4.68 Å². The van der Waals surface area contributed by atoms with Gasteiger partial charge in [-0.15, -0.1) is 11.8 Å². The van der Waals surface area contributed by atoms with E-state index in [2.05, 4.69) is 5.10 Å². The number of aliphatic hydroxyl groups excluding tert-OH is 1. The lowest BCUT2D eigenvalue weighted by Gasteiger charge is -2.07. The van der Waals surface area contributed by atoms with Crippen molar-refractivity contribution in [3.05, 3.63) is 5.69 Å². The molecule has 0 radical (unpaired) electrons. The molecule has 1 atom stereocenters. The fourth-order valence-electron chi connectivity index (χ4n) is 1.28. The number of hydrogen-bond acceptors (Lipinski definition) is 4. The number of hydrogen-bond donors (Lipinski definition) is 2. The van der Waals surface area contributed by atoms with Crippen molar-refractivity contribution < 1.29 is 5.11 Å². The summed E-state index contributed by atoms with van der Waals surface area (Å²) >= 11 is 1.66. The van der Waals surface area contributed by atoms with Crippen molar-refractivity contribution >= 4 is 17.4 Å². The second kappa shape index (κ2) is 5.42. The zero-order valence-corrected chi connectivity index (χ0v) is 10.3. The number of nitrogens with zero attached hydrogens (tertiary/aromatic N) is 2. The molecule has 86 valence electrons. The van der Waals surface area contributed by atoms with E-state index in [9.17, 15) is 0 Å². The molecule has 1 aromatic rings. The van der Waals surface area contributed by atoms with E-state index in [-0.39, 0.29) is 12.5 Å². The quantitative estimate of drug-likeness (QED) is 0.747. The monoisotopic (exact) mass is 229 g/mol. The van der Waals surface area contributed by atoms with Crippen LogP contribution >= 0.6 is 11.8 Å². The van der Waals surface area contributed by atoms with Crippen molar-refractivity contribution in [2.75, 3.05) is 18.1 Å². The first-order chi connectivity index (χ1) is 7.10. The molecule has 0 aliphatic heterocycles. The summed E-state index contributed by atoms with van der Waals surface area (Å²) in [6.07, 6.45) is 0.857. The molecule has 0 bridgehead atoms. The summed E-state index contributed by atoms with van der Waals surface area (Å²) in [5, 5.41) is 14.3. The summed E-state index contributed by atoms with van der Waals surface area (Å²) in [6, 6.07) is 0. The lowest BCUT2D eigenvalue weighted by atomic mass is 10.2. The van der Waals surface area contributed by atoms with Crippen LogP contribution in [0.25, 0.3) is 0 Å². The first-order valence-electron chi connectivity index (χ1n) is 5.15. The minimum atomic E-state index is 0.214. The van der Waals surface area contributed by atoms with Crippen molar-refractivity contribution in [2.24, 2.45) is 13.0 Å². The maximum absolute atomic E-state index is 8.94. The average molecular weight is 229 g/mol. The number of nitrogens with two attached hydrogens (primary N) is 1.